The second-order valence-electron chi connectivity index (χ2n) is 7.13. The zero-order chi connectivity index (χ0) is 17.4. The van der Waals surface area contributed by atoms with Crippen molar-refractivity contribution in [2.24, 2.45) is 5.92 Å². The Morgan fingerprint density at radius 1 is 1.28 bits per heavy atom. The third-order valence-electron chi connectivity index (χ3n) is 5.67. The van der Waals surface area contributed by atoms with Crippen molar-refractivity contribution in [1.82, 2.24) is 9.88 Å². The number of carbonyl (C=O) groups is 1. The SMILES string of the molecule is COc1ccc2nc(N3CCC(N(C)C(=O)C4CCC4)CC3)sc2c1. The molecule has 2 heterocycles. The number of anilines is 1. The van der Waals surface area contributed by atoms with E-state index in [1.165, 1.54) is 6.42 Å². The Kier molecular flexibility index (Phi) is 4.54. The van der Waals surface area contributed by atoms with Crippen LogP contribution in [-0.4, -0.2) is 49.1 Å². The molecule has 1 amide bonds. The molecule has 2 fully saturated rings. The predicted molar refractivity (Wildman–Crippen MR) is 102 cm³/mol. The Morgan fingerprint density at radius 3 is 2.68 bits per heavy atom. The number of nitrogens with zero attached hydrogens (tertiary/aromatic N) is 3. The number of hydrogen-bond donors (Lipinski definition) is 0. The van der Waals surface area contributed by atoms with E-state index in [4.69, 9.17) is 9.72 Å². The summed E-state index contributed by atoms with van der Waals surface area (Å²) in [6.07, 6.45) is 5.42. The van der Waals surface area contributed by atoms with Crippen molar-refractivity contribution in [2.75, 3.05) is 32.1 Å². The monoisotopic (exact) mass is 359 g/mol. The third-order valence-corrected chi connectivity index (χ3v) is 6.75. The number of hydrogen-bond acceptors (Lipinski definition) is 5. The molecular weight excluding hydrogens is 334 g/mol. The Labute approximate surface area is 152 Å². The van der Waals surface area contributed by atoms with Gasteiger partial charge in [-0.05, 0) is 43.9 Å². The molecule has 1 saturated heterocycles. The van der Waals surface area contributed by atoms with Gasteiger partial charge in [-0.1, -0.05) is 17.8 Å². The normalized spacial score (nSPS) is 19.0. The van der Waals surface area contributed by atoms with Crippen molar-refractivity contribution >= 4 is 32.6 Å². The van der Waals surface area contributed by atoms with Crippen molar-refractivity contribution in [3.05, 3.63) is 18.2 Å². The van der Waals surface area contributed by atoms with Crippen molar-refractivity contribution < 1.29 is 9.53 Å². The van der Waals surface area contributed by atoms with Crippen molar-refractivity contribution in [3.63, 3.8) is 0 Å². The maximum atomic E-state index is 12.4. The Bertz CT molecular complexity index is 763. The molecule has 2 aromatic rings. The van der Waals surface area contributed by atoms with Gasteiger partial charge in [0.2, 0.25) is 5.91 Å². The molecule has 1 aliphatic carbocycles. The molecule has 1 aromatic carbocycles. The third kappa shape index (κ3) is 3.19. The molecule has 0 spiro atoms. The largest absolute Gasteiger partial charge is 0.497 e. The van der Waals surface area contributed by atoms with Crippen LogP contribution in [0.25, 0.3) is 10.2 Å². The molecule has 0 unspecified atom stereocenters. The number of carbonyl (C=O) groups excluding carboxylic acids is 1. The summed E-state index contributed by atoms with van der Waals surface area (Å²) in [4.78, 5) is 21.6. The van der Waals surface area contributed by atoms with E-state index in [0.29, 0.717) is 17.9 Å². The maximum absolute atomic E-state index is 12.4. The summed E-state index contributed by atoms with van der Waals surface area (Å²) >= 11 is 1.72. The van der Waals surface area contributed by atoms with E-state index in [0.717, 1.165) is 59.9 Å². The molecule has 0 N–H and O–H groups in total. The van der Waals surface area contributed by atoms with Crippen molar-refractivity contribution in [3.8, 4) is 5.75 Å². The van der Waals surface area contributed by atoms with Crippen LogP contribution in [0.2, 0.25) is 0 Å². The van der Waals surface area contributed by atoms with Crippen LogP contribution in [0, 0.1) is 5.92 Å². The number of piperidine rings is 1. The molecule has 0 atom stereocenters. The van der Waals surface area contributed by atoms with Gasteiger partial charge in [0.25, 0.3) is 0 Å². The molecule has 1 aromatic heterocycles. The van der Waals surface area contributed by atoms with Crippen LogP contribution in [0.5, 0.6) is 5.75 Å². The average molecular weight is 359 g/mol. The summed E-state index contributed by atoms with van der Waals surface area (Å²) in [6, 6.07) is 6.40. The minimum absolute atomic E-state index is 0.294. The van der Waals surface area contributed by atoms with Gasteiger partial charge in [0.05, 0.1) is 17.3 Å². The average Bonchev–Trinajstić information content (AvgIpc) is 3.02. The zero-order valence-electron chi connectivity index (χ0n) is 14.9. The van der Waals surface area contributed by atoms with Gasteiger partial charge in [-0.25, -0.2) is 4.98 Å². The highest BCUT2D eigenvalue weighted by molar-refractivity contribution is 7.22. The number of thiazole rings is 1. The van der Waals surface area contributed by atoms with Crippen LogP contribution in [0.3, 0.4) is 0 Å². The second kappa shape index (κ2) is 6.83. The fourth-order valence-electron chi connectivity index (χ4n) is 3.72. The molecule has 4 rings (SSSR count). The van der Waals surface area contributed by atoms with Gasteiger partial charge in [0.15, 0.2) is 5.13 Å². The molecule has 0 bridgehead atoms. The van der Waals surface area contributed by atoms with Crippen LogP contribution >= 0.6 is 11.3 Å². The number of aromatic nitrogens is 1. The van der Waals surface area contributed by atoms with Gasteiger partial charge in [0, 0.05) is 32.1 Å². The number of methoxy groups -OCH3 is 1. The van der Waals surface area contributed by atoms with Crippen LogP contribution < -0.4 is 9.64 Å². The molecule has 5 nitrogen and oxygen atoms in total. The lowest BCUT2D eigenvalue weighted by atomic mass is 9.84. The molecular formula is C19H25N3O2S. The Hall–Kier alpha value is -1.82. The van der Waals surface area contributed by atoms with Gasteiger partial charge in [-0.2, -0.15) is 0 Å². The number of fused-ring (bicyclic) bond motifs is 1. The Balaban J connectivity index is 1.40. The van der Waals surface area contributed by atoms with Crippen LogP contribution in [0.15, 0.2) is 18.2 Å². The fraction of sp³-hybridized carbons (Fsp3) is 0.579. The first-order valence-corrected chi connectivity index (χ1v) is 9.93. The quantitative estimate of drug-likeness (QED) is 0.838. The number of benzene rings is 1. The summed E-state index contributed by atoms with van der Waals surface area (Å²) in [6.45, 7) is 1.92. The van der Waals surface area contributed by atoms with Gasteiger partial charge < -0.3 is 14.5 Å². The summed E-state index contributed by atoms with van der Waals surface area (Å²) in [5.41, 5.74) is 1.03. The first-order chi connectivity index (χ1) is 12.2. The lowest BCUT2D eigenvalue weighted by Gasteiger charge is -2.39. The summed E-state index contributed by atoms with van der Waals surface area (Å²) in [7, 11) is 3.68. The highest BCUT2D eigenvalue weighted by atomic mass is 32.1. The standard InChI is InChI=1S/C19H25N3O2S/c1-21(18(23)13-4-3-5-13)14-8-10-22(11-9-14)19-20-16-7-6-15(24-2)12-17(16)25-19/h6-7,12-14H,3-5,8-11H2,1-2H3. The topological polar surface area (TPSA) is 45.7 Å². The van der Waals surface area contributed by atoms with Gasteiger partial charge in [-0.15, -0.1) is 0 Å². The van der Waals surface area contributed by atoms with E-state index in [2.05, 4.69) is 4.90 Å². The van der Waals surface area contributed by atoms with Crippen molar-refractivity contribution in [2.45, 2.75) is 38.1 Å². The van der Waals surface area contributed by atoms with E-state index in [1.54, 1.807) is 18.4 Å². The second-order valence-corrected chi connectivity index (χ2v) is 8.13. The van der Waals surface area contributed by atoms with Gasteiger partial charge in [-0.3, -0.25) is 4.79 Å². The molecule has 1 aliphatic heterocycles. The molecule has 1 saturated carbocycles. The fourth-order valence-corrected chi connectivity index (χ4v) is 4.77. The Morgan fingerprint density at radius 2 is 2.04 bits per heavy atom. The number of rotatable bonds is 4. The molecule has 2 aliphatic rings. The lowest BCUT2D eigenvalue weighted by Crippen LogP contribution is -2.48. The highest BCUT2D eigenvalue weighted by Gasteiger charge is 2.32. The molecule has 134 valence electrons. The van der Waals surface area contributed by atoms with E-state index in [9.17, 15) is 4.79 Å². The predicted octanol–water partition coefficient (Wildman–Crippen LogP) is 3.53. The van der Waals surface area contributed by atoms with E-state index in [1.807, 2.05) is 30.1 Å². The maximum Gasteiger partial charge on any atom is 0.225 e. The van der Waals surface area contributed by atoms with Crippen LogP contribution in [-0.2, 0) is 4.79 Å². The van der Waals surface area contributed by atoms with Crippen molar-refractivity contribution in [1.29, 1.82) is 0 Å². The van der Waals surface area contributed by atoms with Gasteiger partial charge >= 0.3 is 0 Å². The number of ether oxygens (including phenoxy) is 1. The van der Waals surface area contributed by atoms with Crippen LogP contribution in [0.1, 0.15) is 32.1 Å². The molecule has 6 heteroatoms. The number of amides is 1. The van der Waals surface area contributed by atoms with Gasteiger partial charge in [0.1, 0.15) is 5.75 Å². The lowest BCUT2D eigenvalue weighted by molar-refractivity contribution is -0.139. The summed E-state index contributed by atoms with van der Waals surface area (Å²) in [5.74, 6) is 1.52. The first-order valence-electron chi connectivity index (χ1n) is 9.12. The van der Waals surface area contributed by atoms with E-state index in [-0.39, 0.29) is 0 Å². The highest BCUT2D eigenvalue weighted by Crippen LogP contribution is 2.34. The smallest absolute Gasteiger partial charge is 0.225 e. The molecule has 25 heavy (non-hydrogen) atoms. The summed E-state index contributed by atoms with van der Waals surface area (Å²) in [5, 5.41) is 1.08. The summed E-state index contributed by atoms with van der Waals surface area (Å²) < 4.78 is 6.46. The minimum Gasteiger partial charge on any atom is -0.497 e. The molecule has 0 radical (unpaired) electrons. The first kappa shape index (κ1) is 16.6. The van der Waals surface area contributed by atoms with Crippen LogP contribution in [0.4, 0.5) is 5.13 Å². The van der Waals surface area contributed by atoms with E-state index >= 15 is 0 Å². The zero-order valence-corrected chi connectivity index (χ0v) is 15.7. The van der Waals surface area contributed by atoms with E-state index < -0.39 is 0 Å². The minimum atomic E-state index is 0.294.